The highest BCUT2D eigenvalue weighted by Gasteiger charge is 2.26. The maximum atomic E-state index is 12.3. The van der Waals surface area contributed by atoms with E-state index in [1.807, 2.05) is 11.4 Å². The highest BCUT2D eigenvalue weighted by atomic mass is 32.1. The predicted molar refractivity (Wildman–Crippen MR) is 89.9 cm³/mol. The molecule has 2 aromatic heterocycles. The van der Waals surface area contributed by atoms with Gasteiger partial charge in [-0.15, -0.1) is 11.3 Å². The van der Waals surface area contributed by atoms with E-state index in [0.717, 1.165) is 49.2 Å². The van der Waals surface area contributed by atoms with Gasteiger partial charge in [-0.1, -0.05) is 0 Å². The molecule has 0 radical (unpaired) electrons. The number of fused-ring (bicyclic) bond motifs is 1. The number of nitrogens with zero attached hydrogens (tertiary/aromatic N) is 2. The molecular weight excluding hydrogens is 326 g/mol. The summed E-state index contributed by atoms with van der Waals surface area (Å²) in [5, 5.41) is 5.65. The van der Waals surface area contributed by atoms with Gasteiger partial charge in [-0.3, -0.25) is 14.5 Å². The molecule has 2 aromatic rings. The number of carbonyl (C=O) groups is 2. The minimum atomic E-state index is -0.0429. The molecule has 24 heavy (non-hydrogen) atoms. The molecule has 2 amide bonds. The zero-order valence-corrected chi connectivity index (χ0v) is 14.1. The van der Waals surface area contributed by atoms with Gasteiger partial charge in [0.15, 0.2) is 5.13 Å². The van der Waals surface area contributed by atoms with E-state index in [-0.39, 0.29) is 24.3 Å². The van der Waals surface area contributed by atoms with Crippen LogP contribution in [0.1, 0.15) is 48.7 Å². The first-order chi connectivity index (χ1) is 11.7. The standard InChI is InChI=1S/C17H19N3O3S/c21-15(19-13-3-1-4-14-12(13)6-8-23-14)9-11-10-24-17(18-11)20-7-2-5-16(20)22/h6,8,10,13H,1-5,7,9H2,(H,19,21). The Morgan fingerprint density at radius 3 is 3.17 bits per heavy atom. The van der Waals surface area contributed by atoms with Gasteiger partial charge in [-0.2, -0.15) is 0 Å². The van der Waals surface area contributed by atoms with Crippen LogP contribution in [0.25, 0.3) is 0 Å². The van der Waals surface area contributed by atoms with Crippen molar-refractivity contribution in [3.8, 4) is 0 Å². The fraction of sp³-hybridized carbons (Fsp3) is 0.471. The third-order valence-corrected chi connectivity index (χ3v) is 5.49. The van der Waals surface area contributed by atoms with Gasteiger partial charge < -0.3 is 9.73 Å². The van der Waals surface area contributed by atoms with E-state index >= 15 is 0 Å². The fourth-order valence-electron chi connectivity index (χ4n) is 3.40. The molecule has 1 fully saturated rings. The van der Waals surface area contributed by atoms with Gasteiger partial charge in [0.1, 0.15) is 5.76 Å². The zero-order valence-electron chi connectivity index (χ0n) is 13.3. The van der Waals surface area contributed by atoms with Crippen LogP contribution in [0.5, 0.6) is 0 Å². The minimum absolute atomic E-state index is 0.0262. The van der Waals surface area contributed by atoms with Crippen molar-refractivity contribution in [3.05, 3.63) is 34.7 Å². The summed E-state index contributed by atoms with van der Waals surface area (Å²) < 4.78 is 5.46. The van der Waals surface area contributed by atoms with Crippen molar-refractivity contribution in [2.24, 2.45) is 0 Å². The van der Waals surface area contributed by atoms with Gasteiger partial charge in [-0.05, 0) is 25.3 Å². The van der Waals surface area contributed by atoms with Crippen LogP contribution in [0, 0.1) is 0 Å². The molecular formula is C17H19N3O3S. The Labute approximate surface area is 143 Å². The van der Waals surface area contributed by atoms with Gasteiger partial charge in [-0.25, -0.2) is 4.98 Å². The number of thiazole rings is 1. The molecule has 6 nitrogen and oxygen atoms in total. The molecule has 126 valence electrons. The summed E-state index contributed by atoms with van der Waals surface area (Å²) in [7, 11) is 0. The van der Waals surface area contributed by atoms with Crippen molar-refractivity contribution in [1.29, 1.82) is 0 Å². The molecule has 1 unspecified atom stereocenters. The number of carbonyl (C=O) groups excluding carboxylic acids is 2. The molecule has 2 aliphatic rings. The van der Waals surface area contributed by atoms with Crippen molar-refractivity contribution in [2.45, 2.75) is 44.6 Å². The van der Waals surface area contributed by atoms with E-state index in [1.54, 1.807) is 11.2 Å². The van der Waals surface area contributed by atoms with Gasteiger partial charge in [0.05, 0.1) is 24.4 Å². The molecule has 1 aliphatic carbocycles. The molecule has 1 aliphatic heterocycles. The first kappa shape index (κ1) is 15.4. The van der Waals surface area contributed by atoms with Crippen LogP contribution in [0.4, 0.5) is 5.13 Å². The number of hydrogen-bond acceptors (Lipinski definition) is 5. The minimum Gasteiger partial charge on any atom is -0.469 e. The number of amides is 2. The lowest BCUT2D eigenvalue weighted by Crippen LogP contribution is -2.31. The molecule has 3 heterocycles. The quantitative estimate of drug-likeness (QED) is 0.924. The first-order valence-electron chi connectivity index (χ1n) is 8.31. The molecule has 1 N–H and O–H groups in total. The summed E-state index contributed by atoms with van der Waals surface area (Å²) in [6, 6.07) is 1.97. The Morgan fingerprint density at radius 1 is 1.42 bits per heavy atom. The van der Waals surface area contributed by atoms with Crippen molar-refractivity contribution in [2.75, 3.05) is 11.4 Å². The lowest BCUT2D eigenvalue weighted by molar-refractivity contribution is -0.121. The Morgan fingerprint density at radius 2 is 2.33 bits per heavy atom. The SMILES string of the molecule is O=C(Cc1csc(N2CCCC2=O)n1)NC1CCCc2occc21. The number of aromatic nitrogens is 1. The summed E-state index contributed by atoms with van der Waals surface area (Å²) >= 11 is 1.43. The summed E-state index contributed by atoms with van der Waals surface area (Å²) in [6.45, 7) is 0.726. The van der Waals surface area contributed by atoms with Crippen LogP contribution in [-0.4, -0.2) is 23.3 Å². The number of rotatable bonds is 4. The highest BCUT2D eigenvalue weighted by Crippen LogP contribution is 2.30. The largest absolute Gasteiger partial charge is 0.469 e. The fourth-order valence-corrected chi connectivity index (χ4v) is 4.27. The lowest BCUT2D eigenvalue weighted by atomic mass is 9.93. The predicted octanol–water partition coefficient (Wildman–Crippen LogP) is 2.60. The van der Waals surface area contributed by atoms with Crippen LogP contribution < -0.4 is 10.2 Å². The normalized spacial score (nSPS) is 20.2. The number of aryl methyl sites for hydroxylation is 1. The number of anilines is 1. The smallest absolute Gasteiger partial charge is 0.228 e. The molecule has 7 heteroatoms. The lowest BCUT2D eigenvalue weighted by Gasteiger charge is -2.22. The van der Waals surface area contributed by atoms with E-state index in [1.165, 1.54) is 11.3 Å². The second kappa shape index (κ2) is 6.39. The molecule has 1 saturated heterocycles. The molecule has 0 bridgehead atoms. The molecule has 0 aromatic carbocycles. The Bertz CT molecular complexity index is 767. The second-order valence-electron chi connectivity index (χ2n) is 6.26. The van der Waals surface area contributed by atoms with E-state index in [9.17, 15) is 9.59 Å². The van der Waals surface area contributed by atoms with Gasteiger partial charge in [0, 0.05) is 30.3 Å². The summed E-state index contributed by atoms with van der Waals surface area (Å²) in [5.41, 5.74) is 1.81. The van der Waals surface area contributed by atoms with Gasteiger partial charge in [0.25, 0.3) is 0 Å². The average Bonchev–Trinajstić information content (AvgIpc) is 3.27. The monoisotopic (exact) mass is 345 g/mol. The summed E-state index contributed by atoms with van der Waals surface area (Å²) in [5.74, 6) is 1.06. The van der Waals surface area contributed by atoms with Gasteiger partial charge in [0.2, 0.25) is 11.8 Å². The summed E-state index contributed by atoms with van der Waals surface area (Å²) in [4.78, 5) is 30.3. The molecule has 1 atom stereocenters. The maximum Gasteiger partial charge on any atom is 0.228 e. The molecule has 4 rings (SSSR count). The van der Waals surface area contributed by atoms with E-state index in [2.05, 4.69) is 10.3 Å². The molecule has 0 spiro atoms. The highest BCUT2D eigenvalue weighted by molar-refractivity contribution is 7.14. The van der Waals surface area contributed by atoms with Crippen LogP contribution in [0.15, 0.2) is 22.1 Å². The topological polar surface area (TPSA) is 75.4 Å². The summed E-state index contributed by atoms with van der Waals surface area (Å²) in [6.07, 6.45) is 6.28. The number of nitrogens with one attached hydrogen (secondary N) is 1. The van der Waals surface area contributed by atoms with Crippen molar-refractivity contribution < 1.29 is 14.0 Å². The Balaban J connectivity index is 1.39. The third kappa shape index (κ3) is 2.96. The van der Waals surface area contributed by atoms with Crippen molar-refractivity contribution in [3.63, 3.8) is 0 Å². The van der Waals surface area contributed by atoms with Crippen LogP contribution in [-0.2, 0) is 22.4 Å². The maximum absolute atomic E-state index is 12.3. The third-order valence-electron chi connectivity index (χ3n) is 4.57. The second-order valence-corrected chi connectivity index (χ2v) is 7.10. The Hall–Kier alpha value is -2.15. The Kier molecular flexibility index (Phi) is 4.10. The number of furan rings is 1. The zero-order chi connectivity index (χ0) is 16.5. The van der Waals surface area contributed by atoms with Crippen LogP contribution in [0.3, 0.4) is 0 Å². The van der Waals surface area contributed by atoms with E-state index in [4.69, 9.17) is 4.42 Å². The van der Waals surface area contributed by atoms with Crippen molar-refractivity contribution in [1.82, 2.24) is 10.3 Å². The van der Waals surface area contributed by atoms with Gasteiger partial charge >= 0.3 is 0 Å². The van der Waals surface area contributed by atoms with Crippen LogP contribution >= 0.6 is 11.3 Å². The van der Waals surface area contributed by atoms with Crippen LogP contribution in [0.2, 0.25) is 0 Å². The molecule has 0 saturated carbocycles. The van der Waals surface area contributed by atoms with Crippen molar-refractivity contribution >= 4 is 28.3 Å². The number of hydrogen-bond donors (Lipinski definition) is 1. The first-order valence-corrected chi connectivity index (χ1v) is 9.19. The van der Waals surface area contributed by atoms with E-state index in [0.29, 0.717) is 11.6 Å². The average molecular weight is 345 g/mol. The van der Waals surface area contributed by atoms with E-state index < -0.39 is 0 Å².